The predicted octanol–water partition coefficient (Wildman–Crippen LogP) is 3.66. The van der Waals surface area contributed by atoms with Crippen molar-refractivity contribution in [3.63, 3.8) is 0 Å². The van der Waals surface area contributed by atoms with Crippen LogP contribution in [0.15, 0.2) is 48.1 Å². The molecule has 0 aliphatic heterocycles. The van der Waals surface area contributed by atoms with Crippen LogP contribution < -0.4 is 0 Å². The van der Waals surface area contributed by atoms with Gasteiger partial charge in [-0.15, -0.1) is 11.3 Å². The maximum atomic E-state index is 14.0. The summed E-state index contributed by atoms with van der Waals surface area (Å²) in [5.74, 6) is -0.306. The molecule has 0 saturated heterocycles. The first kappa shape index (κ1) is 13.7. The molecule has 4 aromatic rings. The lowest BCUT2D eigenvalue weighted by molar-refractivity contribution is 0.461. The third-order valence-corrected chi connectivity index (χ3v) is 4.27. The molecule has 4 heterocycles. The van der Waals surface area contributed by atoms with Crippen LogP contribution in [0.1, 0.15) is 0 Å². The van der Waals surface area contributed by atoms with E-state index in [-0.39, 0.29) is 17.4 Å². The minimum atomic E-state index is -0.440. The van der Waals surface area contributed by atoms with Gasteiger partial charge in [0, 0.05) is 23.3 Å². The van der Waals surface area contributed by atoms with Gasteiger partial charge >= 0.3 is 0 Å². The zero-order chi connectivity index (χ0) is 15.8. The summed E-state index contributed by atoms with van der Waals surface area (Å²) in [5, 5.41) is 11.9. The Hall–Kier alpha value is -2.93. The molecule has 0 fully saturated rings. The van der Waals surface area contributed by atoms with Gasteiger partial charge in [-0.1, -0.05) is 6.07 Å². The summed E-state index contributed by atoms with van der Waals surface area (Å²) in [7, 11) is 0. The summed E-state index contributed by atoms with van der Waals surface area (Å²) in [6.45, 7) is 0. The number of fused-ring (bicyclic) bond motifs is 1. The Kier molecular flexibility index (Phi) is 3.20. The van der Waals surface area contributed by atoms with E-state index in [1.54, 1.807) is 29.8 Å². The van der Waals surface area contributed by atoms with Crippen molar-refractivity contribution in [1.29, 1.82) is 0 Å². The van der Waals surface area contributed by atoms with Crippen LogP contribution in [0.5, 0.6) is 5.88 Å². The first-order chi connectivity index (χ1) is 11.2. The molecule has 5 nitrogen and oxygen atoms in total. The van der Waals surface area contributed by atoms with E-state index in [9.17, 15) is 9.50 Å². The highest BCUT2D eigenvalue weighted by atomic mass is 32.1. The number of rotatable bonds is 2. The lowest BCUT2D eigenvalue weighted by atomic mass is 10.2. The van der Waals surface area contributed by atoms with Gasteiger partial charge in [-0.2, -0.15) is 4.98 Å². The number of thiophene rings is 1. The van der Waals surface area contributed by atoms with Crippen molar-refractivity contribution in [2.24, 2.45) is 0 Å². The smallest absolute Gasteiger partial charge is 0.233 e. The van der Waals surface area contributed by atoms with Gasteiger partial charge < -0.3 is 5.11 Å². The number of hydrogen-bond acceptors (Lipinski definition) is 6. The molecular formula is C16H9FN4OS. The van der Waals surface area contributed by atoms with E-state index in [1.807, 2.05) is 0 Å². The van der Waals surface area contributed by atoms with Gasteiger partial charge in [-0.25, -0.2) is 9.37 Å². The minimum Gasteiger partial charge on any atom is -0.492 e. The maximum absolute atomic E-state index is 14.0. The fourth-order valence-electron chi connectivity index (χ4n) is 2.26. The molecule has 0 aliphatic rings. The Bertz CT molecular complexity index is 1000. The van der Waals surface area contributed by atoms with Crippen LogP contribution in [0.2, 0.25) is 0 Å². The quantitative estimate of drug-likeness (QED) is 0.609. The number of halogens is 1. The molecule has 23 heavy (non-hydrogen) atoms. The van der Waals surface area contributed by atoms with Crippen LogP contribution >= 0.6 is 11.3 Å². The largest absolute Gasteiger partial charge is 0.492 e. The fraction of sp³-hybridized carbons (Fsp3) is 0. The lowest BCUT2D eigenvalue weighted by Crippen LogP contribution is -1.93. The average Bonchev–Trinajstić information content (AvgIpc) is 3.00. The van der Waals surface area contributed by atoms with E-state index in [4.69, 9.17) is 0 Å². The molecule has 7 heteroatoms. The van der Waals surface area contributed by atoms with Crippen LogP contribution in [-0.4, -0.2) is 25.0 Å². The molecule has 0 atom stereocenters. The Balaban J connectivity index is 1.98. The Morgan fingerprint density at radius 2 is 1.87 bits per heavy atom. The van der Waals surface area contributed by atoms with Gasteiger partial charge in [0.05, 0.1) is 5.52 Å². The molecule has 0 saturated carbocycles. The Morgan fingerprint density at radius 1 is 1.00 bits per heavy atom. The lowest BCUT2D eigenvalue weighted by Gasteiger charge is -2.03. The monoisotopic (exact) mass is 324 g/mol. The van der Waals surface area contributed by atoms with Crippen molar-refractivity contribution >= 4 is 21.6 Å². The minimum absolute atomic E-state index is 0.150. The van der Waals surface area contributed by atoms with Crippen LogP contribution in [0, 0.1) is 5.82 Å². The van der Waals surface area contributed by atoms with Gasteiger partial charge in [-0.3, -0.25) is 9.97 Å². The summed E-state index contributed by atoms with van der Waals surface area (Å²) >= 11 is 1.25. The van der Waals surface area contributed by atoms with Crippen molar-refractivity contribution < 1.29 is 9.50 Å². The van der Waals surface area contributed by atoms with Crippen LogP contribution in [-0.2, 0) is 0 Å². The van der Waals surface area contributed by atoms with E-state index in [0.717, 1.165) is 0 Å². The van der Waals surface area contributed by atoms with Crippen molar-refractivity contribution in [3.05, 3.63) is 53.9 Å². The molecule has 1 N–H and O–H groups in total. The Morgan fingerprint density at radius 3 is 2.65 bits per heavy atom. The van der Waals surface area contributed by atoms with Gasteiger partial charge in [0.1, 0.15) is 21.9 Å². The van der Waals surface area contributed by atoms with E-state index < -0.39 is 5.82 Å². The highest BCUT2D eigenvalue weighted by Crippen LogP contribution is 2.37. The first-order valence-corrected chi connectivity index (χ1v) is 7.62. The Labute approximate surface area is 134 Å². The molecule has 4 rings (SSSR count). The van der Waals surface area contributed by atoms with Gasteiger partial charge in [0.25, 0.3) is 0 Å². The molecule has 0 aromatic carbocycles. The second kappa shape index (κ2) is 5.36. The molecule has 0 bridgehead atoms. The first-order valence-electron chi connectivity index (χ1n) is 6.74. The van der Waals surface area contributed by atoms with E-state index in [2.05, 4.69) is 19.9 Å². The van der Waals surface area contributed by atoms with Crippen molar-refractivity contribution in [1.82, 2.24) is 19.9 Å². The molecule has 0 aliphatic carbocycles. The zero-order valence-corrected chi connectivity index (χ0v) is 12.5. The van der Waals surface area contributed by atoms with Gasteiger partial charge in [0.2, 0.25) is 5.88 Å². The second-order valence-corrected chi connectivity index (χ2v) is 5.63. The van der Waals surface area contributed by atoms with Crippen molar-refractivity contribution in [2.75, 3.05) is 0 Å². The van der Waals surface area contributed by atoms with Crippen molar-refractivity contribution in [2.45, 2.75) is 0 Å². The van der Waals surface area contributed by atoms with Crippen LogP contribution in [0.4, 0.5) is 4.39 Å². The number of aromatic nitrogens is 4. The number of pyridine rings is 2. The van der Waals surface area contributed by atoms with Crippen LogP contribution in [0.25, 0.3) is 33.0 Å². The molecular weight excluding hydrogens is 315 g/mol. The predicted molar refractivity (Wildman–Crippen MR) is 85.5 cm³/mol. The normalized spacial score (nSPS) is 11.0. The molecule has 0 radical (unpaired) electrons. The molecule has 0 spiro atoms. The zero-order valence-electron chi connectivity index (χ0n) is 11.6. The number of aromatic hydroxyl groups is 1. The SMILES string of the molecule is Oc1nc(-c2ccccn2)nc2c(-c3ncccc3F)csc12. The van der Waals surface area contributed by atoms with E-state index >= 15 is 0 Å². The summed E-state index contributed by atoms with van der Waals surface area (Å²) in [5.41, 5.74) is 1.71. The molecule has 0 amide bonds. The van der Waals surface area contributed by atoms with Crippen molar-refractivity contribution in [3.8, 4) is 28.7 Å². The van der Waals surface area contributed by atoms with E-state index in [0.29, 0.717) is 21.5 Å². The number of nitrogens with zero attached hydrogens (tertiary/aromatic N) is 4. The maximum Gasteiger partial charge on any atom is 0.233 e. The van der Waals surface area contributed by atoms with E-state index in [1.165, 1.54) is 29.7 Å². The summed E-state index contributed by atoms with van der Waals surface area (Å²) < 4.78 is 14.5. The third kappa shape index (κ3) is 2.31. The summed E-state index contributed by atoms with van der Waals surface area (Å²) in [6, 6.07) is 8.20. The highest BCUT2D eigenvalue weighted by Gasteiger charge is 2.18. The van der Waals surface area contributed by atoms with Crippen LogP contribution in [0.3, 0.4) is 0 Å². The standard InChI is InChI=1S/C16H9FN4OS/c17-10-4-3-7-19-12(10)9-8-23-14-13(9)20-15(21-16(14)22)11-5-1-2-6-18-11/h1-8H,(H,20,21,22). The molecule has 4 aromatic heterocycles. The van der Waals surface area contributed by atoms with Gasteiger partial charge in [0.15, 0.2) is 5.82 Å². The fourth-order valence-corrected chi connectivity index (χ4v) is 3.14. The highest BCUT2D eigenvalue weighted by molar-refractivity contribution is 7.18. The molecule has 112 valence electrons. The summed E-state index contributed by atoms with van der Waals surface area (Å²) in [6.07, 6.45) is 3.13. The average molecular weight is 324 g/mol. The topological polar surface area (TPSA) is 71.8 Å². The molecule has 0 unspecified atom stereocenters. The number of hydrogen-bond donors (Lipinski definition) is 1. The third-order valence-electron chi connectivity index (χ3n) is 3.31. The second-order valence-electron chi connectivity index (χ2n) is 4.75. The summed E-state index contributed by atoms with van der Waals surface area (Å²) in [4.78, 5) is 16.8. The van der Waals surface area contributed by atoms with Gasteiger partial charge in [-0.05, 0) is 24.3 Å².